The molecule has 2 heterocycles. The molecule has 1 N–H and O–H groups in total. The van der Waals surface area contributed by atoms with E-state index in [-0.39, 0.29) is 12.4 Å². The number of fused-ring (bicyclic) bond motifs is 1. The van der Waals surface area contributed by atoms with Crippen LogP contribution in [0.2, 0.25) is 0 Å². The van der Waals surface area contributed by atoms with E-state index in [1.54, 1.807) is 0 Å². The Morgan fingerprint density at radius 3 is 2.64 bits per heavy atom. The van der Waals surface area contributed by atoms with Gasteiger partial charge in [0.1, 0.15) is 0 Å². The maximum Gasteiger partial charge on any atom is 0.417 e. The fourth-order valence-corrected chi connectivity index (χ4v) is 1.32. The first kappa shape index (κ1) is 11.3. The second-order valence-corrected chi connectivity index (χ2v) is 2.93. The third-order valence-corrected chi connectivity index (χ3v) is 2.00. The first-order chi connectivity index (χ1) is 6.07. The van der Waals surface area contributed by atoms with Gasteiger partial charge in [-0.1, -0.05) is 0 Å². The normalized spacial score (nSPS) is 14.8. The number of nitrogens with one attached hydrogen (secondary N) is 1. The molecule has 1 aromatic rings. The van der Waals surface area contributed by atoms with Gasteiger partial charge in [0.15, 0.2) is 0 Å². The molecule has 0 bridgehead atoms. The van der Waals surface area contributed by atoms with Gasteiger partial charge in [-0.3, -0.25) is 4.98 Å². The summed E-state index contributed by atoms with van der Waals surface area (Å²) < 4.78 is 36.6. The molecule has 2 nitrogen and oxygen atoms in total. The summed E-state index contributed by atoms with van der Waals surface area (Å²) >= 11 is 0. The van der Waals surface area contributed by atoms with Gasteiger partial charge in [0.2, 0.25) is 0 Å². The molecule has 0 aromatic carbocycles. The average molecular weight is 225 g/mol. The highest BCUT2D eigenvalue weighted by Gasteiger charge is 2.32. The van der Waals surface area contributed by atoms with Gasteiger partial charge in [0.05, 0.1) is 11.3 Å². The van der Waals surface area contributed by atoms with Crippen molar-refractivity contribution >= 4 is 12.4 Å². The van der Waals surface area contributed by atoms with Gasteiger partial charge in [0.25, 0.3) is 0 Å². The number of halogens is 4. The van der Waals surface area contributed by atoms with Crippen LogP contribution >= 0.6 is 12.4 Å². The lowest BCUT2D eigenvalue weighted by Crippen LogP contribution is -2.06. The highest BCUT2D eigenvalue weighted by molar-refractivity contribution is 5.85. The fourth-order valence-electron chi connectivity index (χ4n) is 1.32. The summed E-state index contributed by atoms with van der Waals surface area (Å²) in [5.41, 5.74) is 0.692. The quantitative estimate of drug-likeness (QED) is 0.730. The van der Waals surface area contributed by atoms with Crippen molar-refractivity contribution in [3.8, 4) is 0 Å². The van der Waals surface area contributed by atoms with Crippen LogP contribution in [0.4, 0.5) is 13.2 Å². The Hall–Kier alpha value is -0.810. The van der Waals surface area contributed by atoms with Gasteiger partial charge in [0, 0.05) is 19.3 Å². The molecule has 0 spiro atoms. The summed E-state index contributed by atoms with van der Waals surface area (Å²) in [5, 5.41) is 2.94. The van der Waals surface area contributed by atoms with E-state index in [1.165, 1.54) is 0 Å². The molecule has 0 saturated heterocycles. The molecule has 0 saturated carbocycles. The second kappa shape index (κ2) is 3.74. The van der Waals surface area contributed by atoms with Crippen LogP contribution < -0.4 is 5.32 Å². The first-order valence-electron chi connectivity index (χ1n) is 3.83. The molecule has 0 amide bonds. The Morgan fingerprint density at radius 2 is 2.00 bits per heavy atom. The number of pyridine rings is 1. The molecule has 0 aliphatic carbocycles. The Morgan fingerprint density at radius 1 is 1.29 bits per heavy atom. The Labute approximate surface area is 84.9 Å². The van der Waals surface area contributed by atoms with Crippen molar-refractivity contribution in [2.45, 2.75) is 19.3 Å². The molecule has 14 heavy (non-hydrogen) atoms. The number of hydrogen-bond donors (Lipinski definition) is 1. The van der Waals surface area contributed by atoms with Crippen LogP contribution in [0.25, 0.3) is 0 Å². The Kier molecular flexibility index (Phi) is 3.01. The lowest BCUT2D eigenvalue weighted by atomic mass is 10.1. The molecule has 1 aromatic heterocycles. The maximum atomic E-state index is 12.2. The first-order valence-corrected chi connectivity index (χ1v) is 3.83. The molecule has 6 heteroatoms. The van der Waals surface area contributed by atoms with Crippen molar-refractivity contribution in [2.24, 2.45) is 0 Å². The molecule has 1 aliphatic heterocycles. The van der Waals surface area contributed by atoms with Crippen molar-refractivity contribution in [3.05, 3.63) is 29.1 Å². The van der Waals surface area contributed by atoms with Crippen molar-refractivity contribution in [3.63, 3.8) is 0 Å². The SMILES string of the molecule is Cl.FC(F)(F)c1cnc2c(c1)CNC2. The average Bonchev–Trinajstić information content (AvgIpc) is 2.47. The summed E-state index contributed by atoms with van der Waals surface area (Å²) in [4.78, 5) is 3.74. The predicted octanol–water partition coefficient (Wildman–Crippen LogP) is 2.13. The zero-order chi connectivity index (χ0) is 9.47. The summed E-state index contributed by atoms with van der Waals surface area (Å²) in [6, 6.07) is 1.16. The molecule has 78 valence electrons. The van der Waals surface area contributed by atoms with Crippen LogP contribution in [0, 0.1) is 0 Å². The van der Waals surface area contributed by atoms with Crippen molar-refractivity contribution in [1.82, 2.24) is 10.3 Å². The van der Waals surface area contributed by atoms with Crippen molar-refractivity contribution in [2.75, 3.05) is 0 Å². The molecular formula is C8H8ClF3N2. The van der Waals surface area contributed by atoms with Crippen LogP contribution in [0.1, 0.15) is 16.8 Å². The summed E-state index contributed by atoms with van der Waals surface area (Å²) in [6.07, 6.45) is -3.41. The highest BCUT2D eigenvalue weighted by Crippen LogP contribution is 2.30. The summed E-state index contributed by atoms with van der Waals surface area (Å²) in [5.74, 6) is 0. The van der Waals surface area contributed by atoms with E-state index in [1.807, 2.05) is 0 Å². The maximum absolute atomic E-state index is 12.2. The van der Waals surface area contributed by atoms with Gasteiger partial charge in [-0.05, 0) is 11.6 Å². The zero-order valence-electron chi connectivity index (χ0n) is 7.06. The lowest BCUT2D eigenvalue weighted by molar-refractivity contribution is -0.137. The van der Waals surface area contributed by atoms with Gasteiger partial charge in [-0.25, -0.2) is 0 Å². The van der Waals surface area contributed by atoms with E-state index < -0.39 is 11.7 Å². The number of alkyl halides is 3. The fraction of sp³-hybridized carbons (Fsp3) is 0.375. The largest absolute Gasteiger partial charge is 0.417 e. The van der Waals surface area contributed by atoms with Crippen LogP contribution in [-0.2, 0) is 19.3 Å². The second-order valence-electron chi connectivity index (χ2n) is 2.93. The smallest absolute Gasteiger partial charge is 0.307 e. The van der Waals surface area contributed by atoms with E-state index in [0.717, 1.165) is 12.3 Å². The minimum Gasteiger partial charge on any atom is -0.307 e. The molecule has 0 atom stereocenters. The number of nitrogens with zero attached hydrogens (tertiary/aromatic N) is 1. The minimum atomic E-state index is -4.29. The molecule has 0 fully saturated rings. The molecule has 0 radical (unpaired) electrons. The van der Waals surface area contributed by atoms with Gasteiger partial charge >= 0.3 is 6.18 Å². The van der Waals surface area contributed by atoms with E-state index in [9.17, 15) is 13.2 Å². The molecule has 1 aliphatic rings. The number of rotatable bonds is 0. The van der Waals surface area contributed by atoms with Gasteiger partial charge < -0.3 is 5.32 Å². The highest BCUT2D eigenvalue weighted by atomic mass is 35.5. The van der Waals surface area contributed by atoms with E-state index >= 15 is 0 Å². The topological polar surface area (TPSA) is 24.9 Å². The minimum absolute atomic E-state index is 0. The van der Waals surface area contributed by atoms with Crippen LogP contribution in [0.3, 0.4) is 0 Å². The van der Waals surface area contributed by atoms with Crippen molar-refractivity contribution in [1.29, 1.82) is 0 Å². The standard InChI is InChI=1S/C8H7F3N2.ClH/c9-8(10,11)6-1-5-2-12-4-7(5)13-3-6;/h1,3,12H,2,4H2;1H. The lowest BCUT2D eigenvalue weighted by Gasteiger charge is -2.06. The number of aromatic nitrogens is 1. The van der Waals surface area contributed by atoms with Crippen molar-refractivity contribution < 1.29 is 13.2 Å². The predicted molar refractivity (Wildman–Crippen MR) is 47.0 cm³/mol. The van der Waals surface area contributed by atoms with Crippen LogP contribution in [0.15, 0.2) is 12.3 Å². The third kappa shape index (κ3) is 1.99. The number of hydrogen-bond acceptors (Lipinski definition) is 2. The van der Waals surface area contributed by atoms with Crippen LogP contribution in [0.5, 0.6) is 0 Å². The molecular weight excluding hydrogens is 217 g/mol. The zero-order valence-corrected chi connectivity index (χ0v) is 7.87. The van der Waals surface area contributed by atoms with Gasteiger partial charge in [-0.2, -0.15) is 13.2 Å². The Bertz CT molecular complexity index is 338. The van der Waals surface area contributed by atoms with E-state index in [0.29, 0.717) is 24.3 Å². The van der Waals surface area contributed by atoms with E-state index in [2.05, 4.69) is 10.3 Å². The monoisotopic (exact) mass is 224 g/mol. The van der Waals surface area contributed by atoms with Gasteiger partial charge in [-0.15, -0.1) is 12.4 Å². The summed E-state index contributed by atoms with van der Waals surface area (Å²) in [7, 11) is 0. The van der Waals surface area contributed by atoms with Crippen LogP contribution in [-0.4, -0.2) is 4.98 Å². The molecule has 2 rings (SSSR count). The van der Waals surface area contributed by atoms with E-state index in [4.69, 9.17) is 0 Å². The molecule has 0 unspecified atom stereocenters. The third-order valence-electron chi connectivity index (χ3n) is 2.00. The Balaban J connectivity index is 0.000000980. The summed E-state index contributed by atoms with van der Waals surface area (Å²) in [6.45, 7) is 1.04.